The summed E-state index contributed by atoms with van der Waals surface area (Å²) in [4.78, 5) is 16.5. The molecule has 1 aromatic heterocycles. The second-order valence-electron chi connectivity index (χ2n) is 7.23. The number of anilines is 1. The van der Waals surface area contributed by atoms with E-state index in [1.165, 1.54) is 0 Å². The molecule has 3 heterocycles. The van der Waals surface area contributed by atoms with E-state index in [4.69, 9.17) is 4.74 Å². The van der Waals surface area contributed by atoms with Gasteiger partial charge in [-0.2, -0.15) is 5.10 Å². The second-order valence-corrected chi connectivity index (χ2v) is 7.23. The molecule has 2 aliphatic heterocycles. The van der Waals surface area contributed by atoms with Crippen molar-refractivity contribution in [1.82, 2.24) is 20.4 Å². The third-order valence-corrected chi connectivity index (χ3v) is 5.09. The smallest absolute Gasteiger partial charge is 0.317 e. The Labute approximate surface area is 142 Å². The molecule has 0 bridgehead atoms. The number of carbonyl (C=O) groups is 1. The summed E-state index contributed by atoms with van der Waals surface area (Å²) in [6.07, 6.45) is 4.24. The fourth-order valence-corrected chi connectivity index (χ4v) is 3.61. The minimum Gasteiger partial charge on any atom is -0.369 e. The number of nitrogens with zero attached hydrogens (tertiary/aromatic N) is 4. The molecular formula is C17H25N5O2. The Hall–Kier alpha value is -1.89. The van der Waals surface area contributed by atoms with Crippen LogP contribution in [-0.2, 0) is 4.74 Å². The first-order valence-corrected chi connectivity index (χ1v) is 8.88. The predicted octanol–water partition coefficient (Wildman–Crippen LogP) is 1.33. The Balaban J connectivity index is 1.44. The molecule has 7 nitrogen and oxygen atoms in total. The zero-order valence-electron chi connectivity index (χ0n) is 14.2. The Bertz CT molecular complexity index is 600. The number of carbonyl (C=O) groups excluding carboxylic acids is 1. The molecule has 1 aromatic rings. The SMILES string of the molecule is Cc1ccc(N2CCC[C@@]3(CN(C(=O)NC4CC4)CCO3)C2)nn1. The molecule has 3 fully saturated rings. The molecule has 1 saturated carbocycles. The Morgan fingerprint density at radius 1 is 1.29 bits per heavy atom. The van der Waals surface area contributed by atoms with Crippen LogP contribution in [0.5, 0.6) is 0 Å². The zero-order valence-corrected chi connectivity index (χ0v) is 14.2. The van der Waals surface area contributed by atoms with Crippen LogP contribution in [0.4, 0.5) is 10.6 Å². The van der Waals surface area contributed by atoms with E-state index < -0.39 is 0 Å². The number of urea groups is 1. The van der Waals surface area contributed by atoms with Gasteiger partial charge in [-0.25, -0.2) is 4.79 Å². The first-order chi connectivity index (χ1) is 11.6. The number of amides is 2. The molecule has 24 heavy (non-hydrogen) atoms. The molecule has 0 aromatic carbocycles. The van der Waals surface area contributed by atoms with Crippen molar-refractivity contribution in [3.8, 4) is 0 Å². The van der Waals surface area contributed by atoms with Gasteiger partial charge in [0.1, 0.15) is 5.60 Å². The van der Waals surface area contributed by atoms with Gasteiger partial charge in [-0.1, -0.05) is 0 Å². The van der Waals surface area contributed by atoms with Crippen molar-refractivity contribution < 1.29 is 9.53 Å². The average Bonchev–Trinajstić information content (AvgIpc) is 3.39. The summed E-state index contributed by atoms with van der Waals surface area (Å²) in [6.45, 7) is 5.58. The first-order valence-electron chi connectivity index (χ1n) is 8.88. The number of piperidine rings is 1. The van der Waals surface area contributed by atoms with Crippen molar-refractivity contribution >= 4 is 11.8 Å². The minimum atomic E-state index is -0.288. The first kappa shape index (κ1) is 15.6. The van der Waals surface area contributed by atoms with Crippen molar-refractivity contribution in [3.63, 3.8) is 0 Å². The number of hydrogen-bond acceptors (Lipinski definition) is 5. The van der Waals surface area contributed by atoms with Gasteiger partial charge in [-0.3, -0.25) is 0 Å². The van der Waals surface area contributed by atoms with Crippen LogP contribution in [-0.4, -0.2) is 65.6 Å². The van der Waals surface area contributed by atoms with Crippen molar-refractivity contribution in [2.75, 3.05) is 37.7 Å². The fourth-order valence-electron chi connectivity index (χ4n) is 3.61. The van der Waals surface area contributed by atoms with E-state index in [1.54, 1.807) is 0 Å². The molecule has 1 spiro atoms. The number of nitrogens with one attached hydrogen (secondary N) is 1. The Morgan fingerprint density at radius 3 is 2.92 bits per heavy atom. The van der Waals surface area contributed by atoms with Crippen molar-refractivity contribution in [1.29, 1.82) is 0 Å². The largest absolute Gasteiger partial charge is 0.369 e. The van der Waals surface area contributed by atoms with E-state index >= 15 is 0 Å². The fraction of sp³-hybridized carbons (Fsp3) is 0.706. The molecule has 1 N–H and O–H groups in total. The van der Waals surface area contributed by atoms with Crippen LogP contribution in [0.2, 0.25) is 0 Å². The van der Waals surface area contributed by atoms with Gasteiger partial charge in [0.2, 0.25) is 0 Å². The van der Waals surface area contributed by atoms with Gasteiger partial charge < -0.3 is 19.9 Å². The van der Waals surface area contributed by atoms with E-state index in [-0.39, 0.29) is 11.6 Å². The molecule has 7 heteroatoms. The van der Waals surface area contributed by atoms with Gasteiger partial charge in [-0.05, 0) is 44.7 Å². The zero-order chi connectivity index (χ0) is 16.6. The van der Waals surface area contributed by atoms with Gasteiger partial charge in [0, 0.05) is 19.1 Å². The maximum Gasteiger partial charge on any atom is 0.317 e. The van der Waals surface area contributed by atoms with Crippen molar-refractivity contribution in [2.45, 2.75) is 44.2 Å². The monoisotopic (exact) mass is 331 g/mol. The summed E-state index contributed by atoms with van der Waals surface area (Å²) in [5.74, 6) is 0.892. The maximum absolute atomic E-state index is 12.4. The topological polar surface area (TPSA) is 70.6 Å². The van der Waals surface area contributed by atoms with E-state index in [0.29, 0.717) is 25.7 Å². The Kier molecular flexibility index (Phi) is 4.04. The lowest BCUT2D eigenvalue weighted by Gasteiger charge is -2.48. The van der Waals surface area contributed by atoms with Gasteiger partial charge in [0.15, 0.2) is 5.82 Å². The molecule has 130 valence electrons. The third kappa shape index (κ3) is 3.31. The highest BCUT2D eigenvalue weighted by atomic mass is 16.5. The molecule has 3 aliphatic rings. The van der Waals surface area contributed by atoms with Crippen LogP contribution in [0.25, 0.3) is 0 Å². The molecule has 2 saturated heterocycles. The summed E-state index contributed by atoms with van der Waals surface area (Å²) < 4.78 is 6.17. The number of morpholine rings is 1. The standard InChI is InChI=1S/C17H25N5O2/c1-13-3-6-15(20-19-13)21-8-2-7-17(11-21)12-22(9-10-24-17)16(23)18-14-4-5-14/h3,6,14H,2,4-5,7-12H2,1H3,(H,18,23)/t17-/m0/s1. The number of rotatable bonds is 2. The van der Waals surface area contributed by atoms with Gasteiger partial charge >= 0.3 is 6.03 Å². The molecule has 0 unspecified atom stereocenters. The van der Waals surface area contributed by atoms with E-state index in [1.807, 2.05) is 24.0 Å². The van der Waals surface area contributed by atoms with Crippen molar-refractivity contribution in [2.24, 2.45) is 0 Å². The van der Waals surface area contributed by atoms with Crippen LogP contribution in [0.1, 0.15) is 31.4 Å². The van der Waals surface area contributed by atoms with Crippen LogP contribution in [0, 0.1) is 6.92 Å². The van der Waals surface area contributed by atoms with Gasteiger partial charge in [0.05, 0.1) is 25.4 Å². The second kappa shape index (κ2) is 6.20. The maximum atomic E-state index is 12.4. The van der Waals surface area contributed by atoms with Crippen LogP contribution >= 0.6 is 0 Å². The lowest BCUT2D eigenvalue weighted by atomic mass is 9.90. The minimum absolute atomic E-state index is 0.0624. The molecule has 1 atom stereocenters. The normalized spacial score (nSPS) is 27.4. The van der Waals surface area contributed by atoms with Gasteiger partial charge in [0.25, 0.3) is 0 Å². The molecule has 0 radical (unpaired) electrons. The highest BCUT2D eigenvalue weighted by Crippen LogP contribution is 2.31. The lowest BCUT2D eigenvalue weighted by Crippen LogP contribution is -2.62. The van der Waals surface area contributed by atoms with Gasteiger partial charge in [-0.15, -0.1) is 5.10 Å². The summed E-state index contributed by atoms with van der Waals surface area (Å²) in [5, 5.41) is 11.6. The molecule has 2 amide bonds. The summed E-state index contributed by atoms with van der Waals surface area (Å²) >= 11 is 0. The van der Waals surface area contributed by atoms with Crippen molar-refractivity contribution in [3.05, 3.63) is 17.8 Å². The lowest BCUT2D eigenvalue weighted by molar-refractivity contribution is -0.103. The third-order valence-electron chi connectivity index (χ3n) is 5.09. The Morgan fingerprint density at radius 2 is 2.17 bits per heavy atom. The number of hydrogen-bond donors (Lipinski definition) is 1. The molecular weight excluding hydrogens is 306 g/mol. The highest BCUT2D eigenvalue weighted by Gasteiger charge is 2.42. The molecule has 4 rings (SSSR count). The van der Waals surface area contributed by atoms with Crippen LogP contribution < -0.4 is 10.2 Å². The number of ether oxygens (including phenoxy) is 1. The molecule has 1 aliphatic carbocycles. The van der Waals surface area contributed by atoms with E-state index in [0.717, 1.165) is 50.3 Å². The van der Waals surface area contributed by atoms with E-state index in [9.17, 15) is 4.79 Å². The predicted molar refractivity (Wildman–Crippen MR) is 90.0 cm³/mol. The van der Waals surface area contributed by atoms with E-state index in [2.05, 4.69) is 20.4 Å². The van der Waals surface area contributed by atoms with Crippen LogP contribution in [0.3, 0.4) is 0 Å². The summed E-state index contributed by atoms with van der Waals surface area (Å²) in [6, 6.07) is 4.46. The summed E-state index contributed by atoms with van der Waals surface area (Å²) in [7, 11) is 0. The van der Waals surface area contributed by atoms with Crippen LogP contribution in [0.15, 0.2) is 12.1 Å². The average molecular weight is 331 g/mol. The number of aromatic nitrogens is 2. The highest BCUT2D eigenvalue weighted by molar-refractivity contribution is 5.75. The quantitative estimate of drug-likeness (QED) is 0.885. The number of aryl methyl sites for hydroxylation is 1. The summed E-state index contributed by atoms with van der Waals surface area (Å²) in [5.41, 5.74) is 0.631.